The number of carbonyl (C=O) groups excluding carboxylic acids is 1. The van der Waals surface area contributed by atoms with Crippen LogP contribution in [-0.2, 0) is 16.1 Å². The van der Waals surface area contributed by atoms with Crippen LogP contribution in [0.2, 0.25) is 0 Å². The van der Waals surface area contributed by atoms with Gasteiger partial charge in [-0.25, -0.2) is 0 Å². The number of amides is 1. The van der Waals surface area contributed by atoms with E-state index in [0.717, 1.165) is 16.2 Å². The fourth-order valence-electron chi connectivity index (χ4n) is 1.35. The molecule has 0 bridgehead atoms. The molecule has 0 spiro atoms. The molecule has 5 heteroatoms. The second-order valence-electron chi connectivity index (χ2n) is 3.86. The molecule has 1 aromatic rings. The molecule has 0 atom stereocenters. The number of rotatable bonds is 7. The molecule has 1 amide bonds. The van der Waals surface area contributed by atoms with Crippen LogP contribution in [0.1, 0.15) is 29.5 Å². The zero-order valence-corrected chi connectivity index (χ0v) is 11.9. The Morgan fingerprint density at radius 3 is 3.05 bits per heavy atom. The molecule has 4 nitrogen and oxygen atoms in total. The molecule has 0 radical (unpaired) electrons. The summed E-state index contributed by atoms with van der Waals surface area (Å²) in [6, 6.07) is 3.82. The fraction of sp³-hybridized carbons (Fsp3) is 0.500. The van der Waals surface area contributed by atoms with Crippen molar-refractivity contribution >= 4 is 17.2 Å². The highest BCUT2D eigenvalue weighted by atomic mass is 32.1. The quantitative estimate of drug-likeness (QED) is 0.588. The second-order valence-corrected chi connectivity index (χ2v) is 5.03. The molecule has 1 aromatic heterocycles. The topological polar surface area (TPSA) is 58.6 Å². The van der Waals surface area contributed by atoms with E-state index in [9.17, 15) is 4.79 Å². The molecule has 0 aliphatic rings. The molecule has 0 saturated heterocycles. The summed E-state index contributed by atoms with van der Waals surface area (Å²) in [4.78, 5) is 13.5. The summed E-state index contributed by atoms with van der Waals surface area (Å²) in [5.41, 5.74) is 0. The Morgan fingerprint density at radius 2 is 2.32 bits per heavy atom. The van der Waals surface area contributed by atoms with Gasteiger partial charge in [-0.2, -0.15) is 0 Å². The number of thiophene rings is 1. The third kappa shape index (κ3) is 6.97. The standard InChI is InChI=1S/C14H19NO3S/c1-2-9-18-10-7-14(17)15-11-13-6-5-12(19-13)4-3-8-16/h5-6,16H,2,7-11H2,1H3,(H,15,17). The number of carbonyl (C=O) groups is 1. The van der Waals surface area contributed by atoms with Crippen LogP contribution in [0, 0.1) is 11.8 Å². The van der Waals surface area contributed by atoms with E-state index >= 15 is 0 Å². The molecule has 104 valence electrons. The van der Waals surface area contributed by atoms with Gasteiger partial charge >= 0.3 is 0 Å². The zero-order chi connectivity index (χ0) is 13.9. The van der Waals surface area contributed by atoms with Crippen LogP contribution in [-0.4, -0.2) is 30.8 Å². The van der Waals surface area contributed by atoms with Gasteiger partial charge in [0.1, 0.15) is 6.61 Å². The first-order valence-corrected chi connectivity index (χ1v) is 7.10. The van der Waals surface area contributed by atoms with Crippen LogP contribution >= 0.6 is 11.3 Å². The zero-order valence-electron chi connectivity index (χ0n) is 11.1. The van der Waals surface area contributed by atoms with Crippen molar-refractivity contribution in [1.82, 2.24) is 5.32 Å². The minimum Gasteiger partial charge on any atom is -0.384 e. The number of nitrogens with one attached hydrogen (secondary N) is 1. The number of ether oxygens (including phenoxy) is 1. The van der Waals surface area contributed by atoms with E-state index in [1.165, 1.54) is 11.3 Å². The van der Waals surface area contributed by atoms with Gasteiger partial charge in [0.25, 0.3) is 0 Å². The Kier molecular flexibility index (Phi) is 7.91. The maximum absolute atomic E-state index is 11.5. The lowest BCUT2D eigenvalue weighted by Gasteiger charge is -2.04. The van der Waals surface area contributed by atoms with Gasteiger partial charge in [-0.15, -0.1) is 11.3 Å². The Labute approximate surface area is 117 Å². The van der Waals surface area contributed by atoms with Gasteiger partial charge in [-0.1, -0.05) is 18.8 Å². The first kappa shape index (κ1) is 15.7. The summed E-state index contributed by atoms with van der Waals surface area (Å²) in [5.74, 6) is 5.42. The van der Waals surface area contributed by atoms with Crippen LogP contribution in [0.25, 0.3) is 0 Å². The van der Waals surface area contributed by atoms with Gasteiger partial charge in [-0.05, 0) is 18.6 Å². The Hall–Kier alpha value is -1.35. The highest BCUT2D eigenvalue weighted by Crippen LogP contribution is 2.14. The third-order valence-corrected chi connectivity index (χ3v) is 3.23. The SMILES string of the molecule is CCCOCCC(=O)NCc1ccc(C#CCO)s1. The maximum Gasteiger partial charge on any atom is 0.222 e. The van der Waals surface area contributed by atoms with Gasteiger partial charge in [0.15, 0.2) is 0 Å². The number of aliphatic hydroxyl groups excluding tert-OH is 1. The lowest BCUT2D eigenvalue weighted by atomic mass is 10.4. The summed E-state index contributed by atoms with van der Waals surface area (Å²) in [6.07, 6.45) is 1.36. The summed E-state index contributed by atoms with van der Waals surface area (Å²) in [7, 11) is 0. The first-order valence-electron chi connectivity index (χ1n) is 6.29. The third-order valence-electron chi connectivity index (χ3n) is 2.23. The molecule has 0 aromatic carbocycles. The fourth-order valence-corrected chi connectivity index (χ4v) is 2.17. The molecule has 19 heavy (non-hydrogen) atoms. The Balaban J connectivity index is 2.24. The van der Waals surface area contributed by atoms with Crippen LogP contribution in [0.5, 0.6) is 0 Å². The average Bonchev–Trinajstić information content (AvgIpc) is 2.87. The highest BCUT2D eigenvalue weighted by Gasteiger charge is 2.03. The van der Waals surface area contributed by atoms with E-state index in [1.54, 1.807) is 0 Å². The number of aliphatic hydroxyl groups is 1. The number of hydrogen-bond acceptors (Lipinski definition) is 4. The normalized spacial score (nSPS) is 9.79. The van der Waals surface area contributed by atoms with E-state index in [0.29, 0.717) is 26.2 Å². The molecular formula is C14H19NO3S. The summed E-state index contributed by atoms with van der Waals surface area (Å²) in [6.45, 7) is 3.58. The van der Waals surface area contributed by atoms with Crippen molar-refractivity contribution in [3.63, 3.8) is 0 Å². The molecule has 1 heterocycles. The molecule has 0 saturated carbocycles. The van der Waals surface area contributed by atoms with Gasteiger partial charge in [-0.3, -0.25) is 4.79 Å². The maximum atomic E-state index is 11.5. The molecule has 0 aliphatic carbocycles. The lowest BCUT2D eigenvalue weighted by Crippen LogP contribution is -2.23. The van der Waals surface area contributed by atoms with Crippen LogP contribution in [0.4, 0.5) is 0 Å². The van der Waals surface area contributed by atoms with Crippen molar-refractivity contribution in [1.29, 1.82) is 0 Å². The van der Waals surface area contributed by atoms with Crippen molar-refractivity contribution in [3.8, 4) is 11.8 Å². The predicted molar refractivity (Wildman–Crippen MR) is 75.9 cm³/mol. The van der Waals surface area contributed by atoms with Crippen LogP contribution in [0.3, 0.4) is 0 Å². The van der Waals surface area contributed by atoms with Gasteiger partial charge < -0.3 is 15.2 Å². The Bertz CT molecular complexity index is 445. The van der Waals surface area contributed by atoms with Crippen LogP contribution < -0.4 is 5.32 Å². The summed E-state index contributed by atoms with van der Waals surface area (Å²) in [5, 5.41) is 11.4. The van der Waals surface area contributed by atoms with E-state index in [2.05, 4.69) is 17.2 Å². The highest BCUT2D eigenvalue weighted by molar-refractivity contribution is 7.12. The van der Waals surface area contributed by atoms with E-state index in [1.807, 2.05) is 19.1 Å². The summed E-state index contributed by atoms with van der Waals surface area (Å²) < 4.78 is 5.25. The molecule has 1 rings (SSSR count). The van der Waals surface area contributed by atoms with E-state index in [-0.39, 0.29) is 12.5 Å². The van der Waals surface area contributed by atoms with E-state index in [4.69, 9.17) is 9.84 Å². The lowest BCUT2D eigenvalue weighted by molar-refractivity contribution is -0.122. The predicted octanol–water partition coefficient (Wildman–Crippen LogP) is 1.52. The molecule has 0 unspecified atom stereocenters. The molecule has 2 N–H and O–H groups in total. The van der Waals surface area contributed by atoms with Gasteiger partial charge in [0.2, 0.25) is 5.91 Å². The molecular weight excluding hydrogens is 262 g/mol. The Morgan fingerprint density at radius 1 is 1.47 bits per heavy atom. The average molecular weight is 281 g/mol. The van der Waals surface area contributed by atoms with Gasteiger partial charge in [0.05, 0.1) is 18.0 Å². The van der Waals surface area contributed by atoms with Crippen molar-refractivity contribution in [3.05, 3.63) is 21.9 Å². The largest absolute Gasteiger partial charge is 0.384 e. The molecule has 0 aliphatic heterocycles. The van der Waals surface area contributed by atoms with Crippen LogP contribution in [0.15, 0.2) is 12.1 Å². The minimum absolute atomic E-state index is 0.00695. The van der Waals surface area contributed by atoms with Crippen molar-refractivity contribution < 1.29 is 14.6 Å². The monoisotopic (exact) mass is 281 g/mol. The number of hydrogen-bond donors (Lipinski definition) is 2. The van der Waals surface area contributed by atoms with Gasteiger partial charge in [0, 0.05) is 17.9 Å². The second kappa shape index (κ2) is 9.56. The first-order chi connectivity index (χ1) is 9.26. The van der Waals surface area contributed by atoms with Crippen molar-refractivity contribution in [2.45, 2.75) is 26.3 Å². The smallest absolute Gasteiger partial charge is 0.222 e. The van der Waals surface area contributed by atoms with E-state index < -0.39 is 0 Å². The summed E-state index contributed by atoms with van der Waals surface area (Å²) >= 11 is 1.52. The molecule has 0 fully saturated rings. The van der Waals surface area contributed by atoms with Crippen molar-refractivity contribution in [2.75, 3.05) is 19.8 Å². The minimum atomic E-state index is -0.137. The van der Waals surface area contributed by atoms with Crippen molar-refractivity contribution in [2.24, 2.45) is 0 Å².